The lowest BCUT2D eigenvalue weighted by Crippen LogP contribution is -2.34. The summed E-state index contributed by atoms with van der Waals surface area (Å²) in [6, 6.07) is 6.59. The molecule has 0 saturated heterocycles. The summed E-state index contributed by atoms with van der Waals surface area (Å²) in [5.41, 5.74) is 0.140. The molecular formula is C13H19NO3. The molecule has 4 nitrogen and oxygen atoms in total. The van der Waals surface area contributed by atoms with E-state index in [1.54, 1.807) is 45.9 Å². The monoisotopic (exact) mass is 237 g/mol. The van der Waals surface area contributed by atoms with Crippen molar-refractivity contribution in [2.24, 2.45) is 0 Å². The average Bonchev–Trinajstić information content (AvgIpc) is 2.14. The number of alkyl carbamates (subject to hydrolysis) is 1. The minimum Gasteiger partial charge on any atom is -0.508 e. The molecule has 1 rings (SSSR count). The highest BCUT2D eigenvalue weighted by Gasteiger charge is 2.19. The number of hydrogen-bond acceptors (Lipinski definition) is 3. The Kier molecular flexibility index (Phi) is 3.99. The molecule has 0 fully saturated rings. The Morgan fingerprint density at radius 3 is 2.47 bits per heavy atom. The van der Waals surface area contributed by atoms with Crippen molar-refractivity contribution >= 4 is 6.09 Å². The summed E-state index contributed by atoms with van der Waals surface area (Å²) in [7, 11) is 0. The van der Waals surface area contributed by atoms with Crippen molar-refractivity contribution in [2.45, 2.75) is 39.3 Å². The van der Waals surface area contributed by atoms with Crippen molar-refractivity contribution in [2.75, 3.05) is 0 Å². The van der Waals surface area contributed by atoms with Crippen LogP contribution in [0.25, 0.3) is 0 Å². The first-order valence-corrected chi connectivity index (χ1v) is 5.57. The smallest absolute Gasteiger partial charge is 0.408 e. The van der Waals surface area contributed by atoms with E-state index in [0.717, 1.165) is 0 Å². The second kappa shape index (κ2) is 5.08. The molecule has 0 unspecified atom stereocenters. The average molecular weight is 237 g/mol. The van der Waals surface area contributed by atoms with E-state index in [1.165, 1.54) is 0 Å². The van der Waals surface area contributed by atoms with Crippen molar-refractivity contribution in [3.8, 4) is 5.75 Å². The van der Waals surface area contributed by atoms with Crippen molar-refractivity contribution in [1.82, 2.24) is 5.32 Å². The van der Waals surface area contributed by atoms with Crippen molar-refractivity contribution in [3.05, 3.63) is 29.8 Å². The topological polar surface area (TPSA) is 58.6 Å². The number of amides is 1. The van der Waals surface area contributed by atoms with E-state index in [4.69, 9.17) is 4.74 Å². The molecule has 17 heavy (non-hydrogen) atoms. The van der Waals surface area contributed by atoms with Crippen LogP contribution in [0.2, 0.25) is 0 Å². The van der Waals surface area contributed by atoms with Crippen LogP contribution in [0.15, 0.2) is 24.3 Å². The summed E-state index contributed by atoms with van der Waals surface area (Å²) in [4.78, 5) is 11.5. The Bertz CT molecular complexity index is 396. The zero-order valence-electron chi connectivity index (χ0n) is 10.7. The molecule has 0 aliphatic rings. The van der Waals surface area contributed by atoms with E-state index in [2.05, 4.69) is 5.32 Å². The van der Waals surface area contributed by atoms with Crippen molar-refractivity contribution in [3.63, 3.8) is 0 Å². The number of carbonyl (C=O) groups is 1. The van der Waals surface area contributed by atoms with Gasteiger partial charge in [0.15, 0.2) is 0 Å². The van der Waals surface area contributed by atoms with E-state index in [0.29, 0.717) is 5.56 Å². The summed E-state index contributed by atoms with van der Waals surface area (Å²) in [6.45, 7) is 7.20. The Labute approximate surface area is 102 Å². The first kappa shape index (κ1) is 13.4. The molecule has 0 aromatic heterocycles. The summed E-state index contributed by atoms with van der Waals surface area (Å²) < 4.78 is 5.14. The molecule has 0 radical (unpaired) electrons. The number of benzene rings is 1. The third-order valence-electron chi connectivity index (χ3n) is 2.14. The van der Waals surface area contributed by atoms with Gasteiger partial charge in [-0.2, -0.15) is 0 Å². The van der Waals surface area contributed by atoms with Gasteiger partial charge in [0.05, 0.1) is 6.04 Å². The van der Waals surface area contributed by atoms with Crippen molar-refractivity contribution in [1.29, 1.82) is 0 Å². The molecule has 0 spiro atoms. The molecule has 0 heterocycles. The van der Waals surface area contributed by atoms with Gasteiger partial charge in [0, 0.05) is 5.56 Å². The molecule has 0 aliphatic carbocycles. The first-order chi connectivity index (χ1) is 7.79. The third-order valence-corrected chi connectivity index (χ3v) is 2.14. The van der Waals surface area contributed by atoms with Crippen LogP contribution in [0.4, 0.5) is 4.79 Å². The van der Waals surface area contributed by atoms with Gasteiger partial charge in [-0.1, -0.05) is 18.2 Å². The maximum atomic E-state index is 11.5. The van der Waals surface area contributed by atoms with E-state index >= 15 is 0 Å². The Morgan fingerprint density at radius 1 is 1.35 bits per heavy atom. The Hall–Kier alpha value is -1.71. The minimum absolute atomic E-state index is 0.163. The van der Waals surface area contributed by atoms with Crippen LogP contribution in [0.5, 0.6) is 5.75 Å². The summed E-state index contributed by atoms with van der Waals surface area (Å²) >= 11 is 0. The van der Waals surface area contributed by atoms with E-state index in [-0.39, 0.29) is 11.8 Å². The van der Waals surface area contributed by atoms with Gasteiger partial charge >= 0.3 is 6.09 Å². The van der Waals surface area contributed by atoms with Gasteiger partial charge in [-0.15, -0.1) is 0 Å². The number of carbonyl (C=O) groups excluding carboxylic acids is 1. The normalized spacial score (nSPS) is 12.9. The lowest BCUT2D eigenvalue weighted by Gasteiger charge is -2.22. The number of phenols is 1. The number of rotatable bonds is 2. The highest BCUT2D eigenvalue weighted by molar-refractivity contribution is 5.68. The predicted molar refractivity (Wildman–Crippen MR) is 65.9 cm³/mol. The number of phenolic OH excluding ortho intramolecular Hbond substituents is 1. The fraction of sp³-hybridized carbons (Fsp3) is 0.462. The second-order valence-electron chi connectivity index (χ2n) is 4.93. The van der Waals surface area contributed by atoms with E-state index < -0.39 is 11.7 Å². The van der Waals surface area contributed by atoms with Crippen LogP contribution in [-0.2, 0) is 4.74 Å². The standard InChI is InChI=1S/C13H19NO3/c1-9(10-7-5-6-8-11(10)15)14-12(16)17-13(2,3)4/h5-9,15H,1-4H3,(H,14,16)/t9-/m0/s1. The predicted octanol–water partition coefficient (Wildman–Crippen LogP) is 2.98. The molecule has 1 amide bonds. The molecule has 1 aromatic carbocycles. The fourth-order valence-corrected chi connectivity index (χ4v) is 1.42. The van der Waals surface area contributed by atoms with Gasteiger partial charge in [0.25, 0.3) is 0 Å². The molecule has 1 aromatic rings. The van der Waals surface area contributed by atoms with Gasteiger partial charge in [-0.25, -0.2) is 4.79 Å². The molecule has 2 N–H and O–H groups in total. The molecule has 0 bridgehead atoms. The molecule has 4 heteroatoms. The third kappa shape index (κ3) is 4.34. The number of hydrogen-bond donors (Lipinski definition) is 2. The zero-order valence-corrected chi connectivity index (χ0v) is 10.7. The SMILES string of the molecule is C[C@H](NC(=O)OC(C)(C)C)c1ccccc1O. The molecule has 0 aliphatic heterocycles. The van der Waals surface area contributed by atoms with Crippen LogP contribution in [0, 0.1) is 0 Å². The van der Waals surface area contributed by atoms with Gasteiger partial charge in [-0.3, -0.25) is 0 Å². The first-order valence-electron chi connectivity index (χ1n) is 5.57. The van der Waals surface area contributed by atoms with Gasteiger partial charge in [0.2, 0.25) is 0 Å². The molecule has 1 atom stereocenters. The fourth-order valence-electron chi connectivity index (χ4n) is 1.42. The van der Waals surface area contributed by atoms with Gasteiger partial charge in [-0.05, 0) is 33.8 Å². The van der Waals surface area contributed by atoms with Gasteiger partial charge < -0.3 is 15.2 Å². The Morgan fingerprint density at radius 2 is 1.94 bits per heavy atom. The second-order valence-corrected chi connectivity index (χ2v) is 4.93. The van der Waals surface area contributed by atoms with E-state index in [9.17, 15) is 9.90 Å². The highest BCUT2D eigenvalue weighted by atomic mass is 16.6. The maximum absolute atomic E-state index is 11.5. The number of nitrogens with one attached hydrogen (secondary N) is 1. The lowest BCUT2D eigenvalue weighted by molar-refractivity contribution is 0.0507. The molecule has 94 valence electrons. The zero-order chi connectivity index (χ0) is 13.1. The van der Waals surface area contributed by atoms with Gasteiger partial charge in [0.1, 0.15) is 11.4 Å². The number of aromatic hydroxyl groups is 1. The molecule has 0 saturated carbocycles. The Balaban J connectivity index is 2.64. The molecular weight excluding hydrogens is 218 g/mol. The van der Waals surface area contributed by atoms with Crippen LogP contribution in [0.3, 0.4) is 0 Å². The largest absolute Gasteiger partial charge is 0.508 e. The lowest BCUT2D eigenvalue weighted by atomic mass is 10.1. The van der Waals surface area contributed by atoms with Crippen molar-refractivity contribution < 1.29 is 14.6 Å². The van der Waals surface area contributed by atoms with Crippen LogP contribution >= 0.6 is 0 Å². The van der Waals surface area contributed by atoms with Crippen LogP contribution in [0.1, 0.15) is 39.3 Å². The number of para-hydroxylation sites is 1. The highest BCUT2D eigenvalue weighted by Crippen LogP contribution is 2.23. The quantitative estimate of drug-likeness (QED) is 0.831. The minimum atomic E-state index is -0.525. The summed E-state index contributed by atoms with van der Waals surface area (Å²) in [5, 5.41) is 12.3. The van der Waals surface area contributed by atoms with E-state index in [1.807, 2.05) is 6.07 Å². The van der Waals surface area contributed by atoms with Crippen LogP contribution in [-0.4, -0.2) is 16.8 Å². The maximum Gasteiger partial charge on any atom is 0.408 e. The summed E-state index contributed by atoms with van der Waals surface area (Å²) in [5.74, 6) is 0.163. The summed E-state index contributed by atoms with van der Waals surface area (Å²) in [6.07, 6.45) is -0.492. The number of ether oxygens (including phenoxy) is 1. The van der Waals surface area contributed by atoms with Crippen LogP contribution < -0.4 is 5.32 Å².